The van der Waals surface area contributed by atoms with Crippen LogP contribution >= 0.6 is 11.6 Å². The van der Waals surface area contributed by atoms with Gasteiger partial charge in [-0.25, -0.2) is 54.3 Å². The highest BCUT2D eigenvalue weighted by molar-refractivity contribution is 6.33. The quantitative estimate of drug-likeness (QED) is 0.0473. The number of hydrogen-bond acceptors (Lipinski definition) is 24. The summed E-state index contributed by atoms with van der Waals surface area (Å²) in [6.07, 6.45) is -27.5. The van der Waals surface area contributed by atoms with Crippen molar-refractivity contribution in [1.82, 2.24) is 26.6 Å². The number of halogens is 9. The van der Waals surface area contributed by atoms with Crippen LogP contribution in [0.15, 0.2) is 91.0 Å². The molecule has 5 aliphatic heterocycles. The van der Waals surface area contributed by atoms with Gasteiger partial charge in [0.15, 0.2) is 36.2 Å². The minimum atomic E-state index is -2.83. The molecule has 0 radical (unpaired) electrons. The number of hydrogen-bond donors (Lipinski definition) is 21. The van der Waals surface area contributed by atoms with Crippen LogP contribution in [0.3, 0.4) is 0 Å². The zero-order valence-electron chi connectivity index (χ0n) is 62.7. The fourth-order valence-electron chi connectivity index (χ4n) is 12.9. The molecule has 4 aromatic carbocycles. The molecule has 8 amide bonds. The van der Waals surface area contributed by atoms with Crippen molar-refractivity contribution in [2.24, 2.45) is 23.7 Å². The summed E-state index contributed by atoms with van der Waals surface area (Å²) in [5.74, 6) is -13.3. The third-order valence-corrected chi connectivity index (χ3v) is 20.0. The normalized spacial score (nSPS) is 32.6. The minimum Gasteiger partial charge on any atom is -0.497 e. The molecule has 5 aliphatic rings. The van der Waals surface area contributed by atoms with Crippen LogP contribution in [0.5, 0.6) is 17.2 Å². The number of carbonyl (C=O) groups excluding carboxylic acids is 4. The molecule has 4 fully saturated rings. The number of aliphatic hydroxyl groups is 13. The van der Waals surface area contributed by atoms with E-state index in [2.05, 4.69) is 42.5 Å². The third kappa shape index (κ3) is 24.5. The Balaban J connectivity index is 0.000000235. The van der Waals surface area contributed by atoms with Crippen molar-refractivity contribution in [3.63, 3.8) is 0 Å². The average molecular weight is 1650 g/mol. The van der Waals surface area contributed by atoms with E-state index in [4.69, 9.17) is 70.3 Å². The number of aliphatic hydroxyl groups excluding tert-OH is 13. The van der Waals surface area contributed by atoms with Crippen LogP contribution < -0.4 is 56.7 Å². The smallest absolute Gasteiger partial charge is 0.319 e. The number of carbonyl (C=O) groups is 4. The number of alkyl halides is 8. The van der Waals surface area contributed by atoms with Crippen molar-refractivity contribution in [2.75, 3.05) is 56.3 Å². The summed E-state index contributed by atoms with van der Waals surface area (Å²) in [5.41, 5.74) is 2.41. The minimum absolute atomic E-state index is 0.0621. The summed E-state index contributed by atoms with van der Waals surface area (Å²) in [6.45, 7) is 5.98. The van der Waals surface area contributed by atoms with Crippen molar-refractivity contribution < 1.29 is 154 Å². The van der Waals surface area contributed by atoms with Crippen LogP contribution in [-0.4, -0.2) is 276 Å². The highest BCUT2D eigenvalue weighted by Crippen LogP contribution is 2.43. The van der Waals surface area contributed by atoms with E-state index in [1.165, 1.54) is 59.1 Å². The molecule has 0 spiro atoms. The molecule has 636 valence electrons. The number of para-hydroxylation sites is 1. The molecular formula is C72H101ClF8N8O24. The van der Waals surface area contributed by atoms with E-state index in [-0.39, 0.29) is 30.7 Å². The SMILES string of the molecule is COc1ccc(CNC(=O)N[C@H]2C(F)C(C)(F)O[C@@H]([C@H](O)[C@H](O)CO)[C@@H]2C)cc1.C[C@H]1[C@H]([C@H](O)[C@H](O)CO)OC(C)(F)C(F)[C@@H]1NC(=O)Nc1ccc(CO)cc1.C[C@H]1[C@H]([C@H](O)[C@H](O)CO)OC(C)(F)C(F)[C@@H]1NC(=O)Nc1ccc2c(c1)OCO2.C[C@H]1[C@H]([C@H](O)[C@H](O)CO)OC(C)(F)C(F)[C@@H]1NC(=O)Nc1ccccc1Cl. The van der Waals surface area contributed by atoms with Crippen molar-refractivity contribution in [3.05, 3.63) is 107 Å². The average Bonchev–Trinajstić information content (AvgIpc) is 1.09. The molecule has 21 N–H and O–H groups in total. The Hall–Kier alpha value is -7.59. The number of fused-ring (bicyclic) bond motifs is 1. The van der Waals surface area contributed by atoms with Gasteiger partial charge in [-0.1, -0.05) is 75.7 Å². The number of ether oxygens (including phenoxy) is 7. The molecule has 113 heavy (non-hydrogen) atoms. The molecular weight excluding hydrogens is 1550 g/mol. The van der Waals surface area contributed by atoms with Crippen LogP contribution in [-0.2, 0) is 32.1 Å². The standard InChI is InChI=1S/C19H28F2N2O6.C18H24F2N2O7.C18H26F2N2O6.C17H23ClF2N2O5/c1-10-14(17(20)19(2,21)29-16(10)15(26)13(25)9-24)23-18(27)22-8-11-4-6-12(28-3)7-5-11;1-8-13(16(19)18(2,20)29-15(8)14(25)10(24)6-23)22-17(26)21-9-3-4-11-12(5-9)28-7-27-11;1-9-13(22-17(27)21-11-5-3-10(7-23)4-6-11)16(19)18(2,20)28-15(9)14(26)12(25)8-24;1-8-12(22-16(26)21-10-6-4-3-5-9(10)18)15(19)17(2,20)27-14(8)13(25)11(24)7-23/h4-7,10,13-17,24-26H,8-9H2,1-3H3,(H2,22,23,27);3-5,8,10,13-16,23-25H,6-7H2,1-2H3,(H2,21,22,26);3-6,9,12-16,23-26H,7-8H2,1-2H3,(H2,21,22,27);3-6,8,11-15,23-25H,7H2,1-2H3,(H2,21,22,26)/t10-,13-,14-,15-,16-,17?,19?;8-,10-,13-,14-,15-,16?,18?;9-,12-,13-,14-,15-,16?,18?;8-,11-,12-,13-,14-,15?,17?/m1111/s1. The molecule has 4 aromatic rings. The second-order valence-electron chi connectivity index (χ2n) is 28.3. The summed E-state index contributed by atoms with van der Waals surface area (Å²) < 4.78 is 152. The van der Waals surface area contributed by atoms with Gasteiger partial charge in [-0.2, -0.15) is 0 Å². The predicted molar refractivity (Wildman–Crippen MR) is 387 cm³/mol. The molecule has 8 unspecified atom stereocenters. The molecule has 0 saturated carbocycles. The number of anilines is 3. The van der Waals surface area contributed by atoms with E-state index in [1.807, 2.05) is 0 Å². The van der Waals surface area contributed by atoms with Gasteiger partial charge in [0, 0.05) is 47.7 Å². The summed E-state index contributed by atoms with van der Waals surface area (Å²) in [6, 6.07) is 15.6. The maximum atomic E-state index is 14.7. The van der Waals surface area contributed by atoms with Crippen LogP contribution in [0.25, 0.3) is 0 Å². The Morgan fingerprint density at radius 3 is 1.14 bits per heavy atom. The highest BCUT2D eigenvalue weighted by atomic mass is 35.5. The van der Waals surface area contributed by atoms with Gasteiger partial charge in [0.1, 0.15) is 54.6 Å². The summed E-state index contributed by atoms with van der Waals surface area (Å²) in [5, 5.41) is 144. The molecule has 5 heterocycles. The maximum absolute atomic E-state index is 14.7. The number of amides is 8. The number of nitrogens with one attached hydrogen (secondary N) is 8. The topological polar surface area (TPSA) is 492 Å². The van der Waals surface area contributed by atoms with Gasteiger partial charge in [-0.05, 0) is 87.4 Å². The fourth-order valence-corrected chi connectivity index (χ4v) is 13.1. The van der Waals surface area contributed by atoms with Crippen LogP contribution in [0.2, 0.25) is 5.02 Å². The zero-order valence-corrected chi connectivity index (χ0v) is 63.4. The van der Waals surface area contributed by atoms with Crippen molar-refractivity contribution in [2.45, 2.75) is 214 Å². The largest absolute Gasteiger partial charge is 0.497 e. The Morgan fingerprint density at radius 1 is 0.460 bits per heavy atom. The van der Waals surface area contributed by atoms with Gasteiger partial charge >= 0.3 is 24.1 Å². The zero-order chi connectivity index (χ0) is 84.5. The predicted octanol–water partition coefficient (Wildman–Crippen LogP) is 3.36. The summed E-state index contributed by atoms with van der Waals surface area (Å²) in [4.78, 5) is 49.1. The van der Waals surface area contributed by atoms with Gasteiger partial charge in [0.05, 0.1) is 99.4 Å². The Labute approximate surface area is 649 Å². The summed E-state index contributed by atoms with van der Waals surface area (Å²) in [7, 11) is 1.53. The van der Waals surface area contributed by atoms with Gasteiger partial charge < -0.3 is 142 Å². The third-order valence-electron chi connectivity index (χ3n) is 19.7. The lowest BCUT2D eigenvalue weighted by molar-refractivity contribution is -0.280. The van der Waals surface area contributed by atoms with E-state index < -0.39 is 220 Å². The number of rotatable bonds is 23. The first-order chi connectivity index (χ1) is 52.9. The molecule has 32 nitrogen and oxygen atoms in total. The molecule has 28 atom stereocenters. The molecule has 0 aliphatic carbocycles. The van der Waals surface area contributed by atoms with Crippen LogP contribution in [0.1, 0.15) is 66.5 Å². The second-order valence-corrected chi connectivity index (χ2v) is 28.7. The Morgan fingerprint density at radius 2 is 0.788 bits per heavy atom. The van der Waals surface area contributed by atoms with E-state index in [9.17, 15) is 95.2 Å². The first-order valence-electron chi connectivity index (χ1n) is 35.6. The highest BCUT2D eigenvalue weighted by Gasteiger charge is 2.59. The lowest BCUT2D eigenvalue weighted by Gasteiger charge is -2.46. The van der Waals surface area contributed by atoms with Crippen LogP contribution in [0, 0.1) is 23.7 Å². The number of methoxy groups -OCH3 is 1. The Kier molecular flexibility index (Phi) is 34.5. The van der Waals surface area contributed by atoms with Crippen molar-refractivity contribution >= 4 is 52.8 Å². The van der Waals surface area contributed by atoms with Gasteiger partial charge in [-0.15, -0.1) is 0 Å². The van der Waals surface area contributed by atoms with Gasteiger partial charge in [0.2, 0.25) is 30.2 Å². The van der Waals surface area contributed by atoms with E-state index in [0.717, 1.165) is 33.3 Å². The van der Waals surface area contributed by atoms with Gasteiger partial charge in [0.25, 0.3) is 0 Å². The second kappa shape index (κ2) is 41.3. The molecule has 9 rings (SSSR count). The van der Waals surface area contributed by atoms with E-state index >= 15 is 0 Å². The molecule has 0 bridgehead atoms. The Bertz CT molecular complexity index is 3680. The molecule has 0 aromatic heterocycles. The summed E-state index contributed by atoms with van der Waals surface area (Å²) >= 11 is 5.95. The number of benzene rings is 4. The van der Waals surface area contributed by atoms with Crippen molar-refractivity contribution in [3.8, 4) is 17.2 Å². The lowest BCUT2D eigenvalue weighted by atomic mass is 9.82. The first kappa shape index (κ1) is 94.3. The molecule has 41 heteroatoms. The molecule has 4 saturated heterocycles. The lowest BCUT2D eigenvalue weighted by Crippen LogP contribution is -2.66. The monoisotopic (exact) mass is 1650 g/mol. The number of urea groups is 4. The van der Waals surface area contributed by atoms with Crippen LogP contribution in [0.4, 0.5) is 71.4 Å². The first-order valence-corrected chi connectivity index (χ1v) is 36.0. The van der Waals surface area contributed by atoms with Gasteiger partial charge in [-0.3, -0.25) is 0 Å². The fraction of sp³-hybridized carbons (Fsp3) is 0.611. The van der Waals surface area contributed by atoms with E-state index in [0.29, 0.717) is 34.2 Å². The van der Waals surface area contributed by atoms with E-state index in [1.54, 1.807) is 66.7 Å². The van der Waals surface area contributed by atoms with Crippen molar-refractivity contribution in [1.29, 1.82) is 0 Å². The maximum Gasteiger partial charge on any atom is 0.319 e.